The van der Waals surface area contributed by atoms with E-state index in [1.807, 2.05) is 12.1 Å². The maximum absolute atomic E-state index is 5.59. The van der Waals surface area contributed by atoms with Gasteiger partial charge in [-0.05, 0) is 44.4 Å². The first-order valence-corrected chi connectivity index (χ1v) is 7.15. The number of nitrogens with one attached hydrogen (secondary N) is 1. The summed E-state index contributed by atoms with van der Waals surface area (Å²) in [5.41, 5.74) is 1.29. The van der Waals surface area contributed by atoms with Crippen molar-refractivity contribution >= 4 is 0 Å². The molecule has 19 heavy (non-hydrogen) atoms. The van der Waals surface area contributed by atoms with E-state index in [0.717, 1.165) is 31.8 Å². The predicted molar refractivity (Wildman–Crippen MR) is 79.7 cm³/mol. The van der Waals surface area contributed by atoms with Crippen LogP contribution in [0, 0.1) is 0 Å². The highest BCUT2D eigenvalue weighted by molar-refractivity contribution is 5.29. The average Bonchev–Trinajstić information content (AvgIpc) is 2.43. The summed E-state index contributed by atoms with van der Waals surface area (Å²) in [6.45, 7) is 8.06. The molecule has 0 saturated carbocycles. The highest BCUT2D eigenvalue weighted by Gasteiger charge is 2.09. The fourth-order valence-electron chi connectivity index (χ4n) is 1.97. The molecule has 3 heteroatoms. The Kier molecular flexibility index (Phi) is 7.53. The summed E-state index contributed by atoms with van der Waals surface area (Å²) in [7, 11) is 1.74. The van der Waals surface area contributed by atoms with Crippen molar-refractivity contribution in [3.05, 3.63) is 29.8 Å². The van der Waals surface area contributed by atoms with Crippen molar-refractivity contribution in [3.8, 4) is 5.75 Å². The number of hydrogen-bond donors (Lipinski definition) is 1. The van der Waals surface area contributed by atoms with Gasteiger partial charge in [0, 0.05) is 25.8 Å². The van der Waals surface area contributed by atoms with Gasteiger partial charge in [-0.25, -0.2) is 0 Å². The molecule has 108 valence electrons. The van der Waals surface area contributed by atoms with E-state index in [1.54, 1.807) is 7.11 Å². The summed E-state index contributed by atoms with van der Waals surface area (Å²) >= 11 is 0. The molecule has 0 heterocycles. The first-order valence-electron chi connectivity index (χ1n) is 7.15. The third-order valence-corrected chi connectivity index (χ3v) is 3.14. The van der Waals surface area contributed by atoms with Crippen molar-refractivity contribution in [1.29, 1.82) is 0 Å². The molecule has 0 amide bonds. The molecule has 3 nitrogen and oxygen atoms in total. The zero-order chi connectivity index (χ0) is 14.1. The van der Waals surface area contributed by atoms with Crippen LogP contribution < -0.4 is 10.1 Å². The van der Waals surface area contributed by atoms with Crippen LogP contribution in [0.4, 0.5) is 0 Å². The lowest BCUT2D eigenvalue weighted by Crippen LogP contribution is -2.29. The number of hydrogen-bond acceptors (Lipinski definition) is 3. The van der Waals surface area contributed by atoms with E-state index in [2.05, 4.69) is 38.2 Å². The third kappa shape index (κ3) is 6.08. The molecule has 0 aliphatic carbocycles. The van der Waals surface area contributed by atoms with E-state index >= 15 is 0 Å². The van der Waals surface area contributed by atoms with Crippen molar-refractivity contribution in [2.75, 3.05) is 20.3 Å². The van der Waals surface area contributed by atoms with Crippen LogP contribution in [0.15, 0.2) is 24.3 Å². The molecule has 1 rings (SSSR count). The minimum Gasteiger partial charge on any atom is -0.494 e. The number of methoxy groups -OCH3 is 1. The van der Waals surface area contributed by atoms with E-state index < -0.39 is 0 Å². The highest BCUT2D eigenvalue weighted by Crippen LogP contribution is 2.18. The molecule has 0 saturated heterocycles. The second kappa shape index (κ2) is 8.94. The van der Waals surface area contributed by atoms with Crippen LogP contribution in [0.3, 0.4) is 0 Å². The standard InChI is InChI=1S/C16H27NO2/c1-5-11-19-16-8-6-15(7-9-16)14(3)17-13(2)10-12-18-4/h6-9,13-14,17H,5,10-12H2,1-4H3. The van der Waals surface area contributed by atoms with Crippen molar-refractivity contribution in [1.82, 2.24) is 5.32 Å². The first-order chi connectivity index (χ1) is 9.17. The monoisotopic (exact) mass is 265 g/mol. The Hall–Kier alpha value is -1.06. The van der Waals surface area contributed by atoms with E-state index in [4.69, 9.17) is 9.47 Å². The van der Waals surface area contributed by atoms with Gasteiger partial charge in [-0.1, -0.05) is 19.1 Å². The molecule has 2 atom stereocenters. The van der Waals surface area contributed by atoms with Gasteiger partial charge in [0.25, 0.3) is 0 Å². The van der Waals surface area contributed by atoms with Gasteiger partial charge in [0.2, 0.25) is 0 Å². The topological polar surface area (TPSA) is 30.5 Å². The van der Waals surface area contributed by atoms with Crippen LogP contribution in [0.1, 0.15) is 45.2 Å². The summed E-state index contributed by atoms with van der Waals surface area (Å²) in [6.07, 6.45) is 2.06. The average molecular weight is 265 g/mol. The molecule has 0 bridgehead atoms. The highest BCUT2D eigenvalue weighted by atomic mass is 16.5. The van der Waals surface area contributed by atoms with Crippen LogP contribution in [0.25, 0.3) is 0 Å². The van der Waals surface area contributed by atoms with Crippen LogP contribution in [0.2, 0.25) is 0 Å². The second-order valence-electron chi connectivity index (χ2n) is 4.99. The maximum atomic E-state index is 5.59. The Morgan fingerprint density at radius 2 is 1.79 bits per heavy atom. The SMILES string of the molecule is CCCOc1ccc(C(C)NC(C)CCOC)cc1. The van der Waals surface area contributed by atoms with Crippen LogP contribution in [-0.4, -0.2) is 26.4 Å². The molecule has 1 aromatic rings. The quantitative estimate of drug-likeness (QED) is 0.740. The molecule has 0 aliphatic rings. The number of rotatable bonds is 9. The van der Waals surface area contributed by atoms with Gasteiger partial charge in [0.1, 0.15) is 5.75 Å². The molecule has 1 aromatic carbocycles. The summed E-state index contributed by atoms with van der Waals surface area (Å²) in [4.78, 5) is 0. The normalized spacial score (nSPS) is 14.1. The van der Waals surface area contributed by atoms with Crippen molar-refractivity contribution < 1.29 is 9.47 Å². The molecule has 0 aliphatic heterocycles. The molecular weight excluding hydrogens is 238 g/mol. The summed E-state index contributed by atoms with van der Waals surface area (Å²) in [5.74, 6) is 0.949. The van der Waals surface area contributed by atoms with Crippen molar-refractivity contribution in [2.24, 2.45) is 0 Å². The zero-order valence-electron chi connectivity index (χ0n) is 12.6. The zero-order valence-corrected chi connectivity index (χ0v) is 12.6. The molecule has 0 spiro atoms. The first kappa shape index (κ1) is 16.0. The van der Waals surface area contributed by atoms with E-state index in [9.17, 15) is 0 Å². The van der Waals surface area contributed by atoms with Crippen LogP contribution in [-0.2, 0) is 4.74 Å². The Labute approximate surface area is 117 Å². The fourth-order valence-corrected chi connectivity index (χ4v) is 1.97. The predicted octanol–water partition coefficient (Wildman–Crippen LogP) is 3.55. The van der Waals surface area contributed by atoms with Gasteiger partial charge >= 0.3 is 0 Å². The Morgan fingerprint density at radius 3 is 2.37 bits per heavy atom. The van der Waals surface area contributed by atoms with Gasteiger partial charge in [0.15, 0.2) is 0 Å². The smallest absolute Gasteiger partial charge is 0.119 e. The van der Waals surface area contributed by atoms with Crippen LogP contribution >= 0.6 is 0 Å². The number of ether oxygens (including phenoxy) is 2. The number of benzene rings is 1. The van der Waals surface area contributed by atoms with E-state index in [1.165, 1.54) is 5.56 Å². The molecular formula is C16H27NO2. The van der Waals surface area contributed by atoms with Crippen LogP contribution in [0.5, 0.6) is 5.75 Å². The minimum absolute atomic E-state index is 0.340. The Morgan fingerprint density at radius 1 is 1.11 bits per heavy atom. The lowest BCUT2D eigenvalue weighted by atomic mass is 10.1. The molecule has 0 aromatic heterocycles. The molecule has 0 fully saturated rings. The van der Waals surface area contributed by atoms with E-state index in [0.29, 0.717) is 12.1 Å². The molecule has 2 unspecified atom stereocenters. The largest absolute Gasteiger partial charge is 0.494 e. The lowest BCUT2D eigenvalue weighted by molar-refractivity contribution is 0.183. The van der Waals surface area contributed by atoms with Gasteiger partial charge in [-0.3, -0.25) is 0 Å². The van der Waals surface area contributed by atoms with Crippen molar-refractivity contribution in [3.63, 3.8) is 0 Å². The summed E-state index contributed by atoms with van der Waals surface area (Å²) < 4.78 is 10.7. The maximum Gasteiger partial charge on any atom is 0.119 e. The summed E-state index contributed by atoms with van der Waals surface area (Å²) in [5, 5.41) is 3.57. The second-order valence-corrected chi connectivity index (χ2v) is 4.99. The van der Waals surface area contributed by atoms with Gasteiger partial charge in [-0.15, -0.1) is 0 Å². The summed E-state index contributed by atoms with van der Waals surface area (Å²) in [6, 6.07) is 9.14. The van der Waals surface area contributed by atoms with E-state index in [-0.39, 0.29) is 0 Å². The van der Waals surface area contributed by atoms with Gasteiger partial charge in [-0.2, -0.15) is 0 Å². The Bertz CT molecular complexity index is 337. The van der Waals surface area contributed by atoms with Gasteiger partial charge in [0.05, 0.1) is 6.61 Å². The molecule has 0 radical (unpaired) electrons. The molecule has 1 N–H and O–H groups in total. The lowest BCUT2D eigenvalue weighted by Gasteiger charge is -2.20. The minimum atomic E-state index is 0.340. The van der Waals surface area contributed by atoms with Gasteiger partial charge < -0.3 is 14.8 Å². The van der Waals surface area contributed by atoms with Crippen molar-refractivity contribution in [2.45, 2.75) is 45.7 Å². The Balaban J connectivity index is 2.45. The fraction of sp³-hybridized carbons (Fsp3) is 0.625. The third-order valence-electron chi connectivity index (χ3n) is 3.14.